The number of nitrogens with zero attached hydrogens (tertiary/aromatic N) is 4. The monoisotopic (exact) mass is 512 g/mol. The molecule has 2 aromatic heterocycles. The molecule has 2 bridgehead atoms. The Labute approximate surface area is 201 Å². The van der Waals surface area contributed by atoms with E-state index in [0.717, 1.165) is 0 Å². The van der Waals surface area contributed by atoms with Crippen LogP contribution in [0.3, 0.4) is 0 Å². The number of hydrogen-bond acceptors (Lipinski definition) is 8. The lowest BCUT2D eigenvalue weighted by atomic mass is 9.95. The Morgan fingerprint density at radius 3 is 2.51 bits per heavy atom. The van der Waals surface area contributed by atoms with Crippen molar-refractivity contribution in [2.75, 3.05) is 18.0 Å². The summed E-state index contributed by atoms with van der Waals surface area (Å²) < 4.78 is 50.7. The number of alkyl halides is 3. The number of rotatable bonds is 5. The van der Waals surface area contributed by atoms with Gasteiger partial charge < -0.3 is 24.3 Å². The average Bonchev–Trinajstić information content (AvgIpc) is 3.51. The molecule has 2 saturated heterocycles. The van der Waals surface area contributed by atoms with E-state index < -0.39 is 30.2 Å². The second kappa shape index (κ2) is 8.55. The number of carbonyl (C=O) groups is 1. The Morgan fingerprint density at radius 2 is 1.97 bits per heavy atom. The van der Waals surface area contributed by atoms with E-state index in [1.807, 2.05) is 0 Å². The number of halogens is 3. The topological polar surface area (TPSA) is 112 Å². The highest BCUT2D eigenvalue weighted by Crippen LogP contribution is 2.45. The van der Waals surface area contributed by atoms with Crippen LogP contribution >= 0.6 is 11.3 Å². The van der Waals surface area contributed by atoms with Crippen LogP contribution in [0.2, 0.25) is 0 Å². The lowest BCUT2D eigenvalue weighted by molar-refractivity contribution is -0.274. The Kier molecular flexibility index (Phi) is 5.79. The van der Waals surface area contributed by atoms with Crippen LogP contribution in [0.25, 0.3) is 21.7 Å². The maximum atomic E-state index is 13.4. The van der Waals surface area contributed by atoms with Gasteiger partial charge in [0.25, 0.3) is 6.01 Å². The molecule has 0 saturated carbocycles. The first kappa shape index (κ1) is 23.7. The summed E-state index contributed by atoms with van der Waals surface area (Å²) in [7, 11) is 0. The van der Waals surface area contributed by atoms with Crippen molar-refractivity contribution in [1.82, 2.24) is 14.9 Å². The van der Waals surface area contributed by atoms with Crippen LogP contribution in [-0.4, -0.2) is 62.7 Å². The van der Waals surface area contributed by atoms with Gasteiger partial charge in [0.2, 0.25) is 0 Å². The minimum atomic E-state index is -5.02. The fourth-order valence-corrected chi connectivity index (χ4v) is 5.54. The predicted octanol–water partition coefficient (Wildman–Crippen LogP) is 4.87. The maximum Gasteiger partial charge on any atom is 0.573 e. The van der Waals surface area contributed by atoms with Gasteiger partial charge in [-0.2, -0.15) is 4.98 Å². The quantitative estimate of drug-likeness (QED) is 0.498. The summed E-state index contributed by atoms with van der Waals surface area (Å²) in [5.41, 5.74) is 0.213. The summed E-state index contributed by atoms with van der Waals surface area (Å²) in [5, 5.41) is 22.5. The Balaban J connectivity index is 1.67. The number of fused-ring (bicyclic) bond motifs is 3. The fourth-order valence-electron chi connectivity index (χ4n) is 4.89. The number of anilines is 1. The SMILES string of the molecule is CC(C)C(O)c1cc(-c2nccs2)c2oc(N3CC4CCC(C3)N4C(=O)O)nc2c1OC(F)(F)F. The zero-order valence-electron chi connectivity index (χ0n) is 18.8. The molecule has 1 aromatic carbocycles. The molecule has 2 N–H and O–H groups in total. The lowest BCUT2D eigenvalue weighted by Crippen LogP contribution is -2.55. The average molecular weight is 513 g/mol. The predicted molar refractivity (Wildman–Crippen MR) is 120 cm³/mol. The number of benzene rings is 1. The van der Waals surface area contributed by atoms with Gasteiger partial charge >= 0.3 is 12.5 Å². The highest BCUT2D eigenvalue weighted by molar-refractivity contribution is 7.13. The van der Waals surface area contributed by atoms with Crippen molar-refractivity contribution in [1.29, 1.82) is 0 Å². The Morgan fingerprint density at radius 1 is 1.29 bits per heavy atom. The highest BCUT2D eigenvalue weighted by Gasteiger charge is 2.44. The van der Waals surface area contributed by atoms with Crippen molar-refractivity contribution in [2.24, 2.45) is 5.92 Å². The van der Waals surface area contributed by atoms with Gasteiger partial charge in [-0.1, -0.05) is 13.8 Å². The zero-order valence-corrected chi connectivity index (χ0v) is 19.6. The number of ether oxygens (including phenoxy) is 1. The molecule has 1 amide bonds. The molecular weight excluding hydrogens is 489 g/mol. The van der Waals surface area contributed by atoms with E-state index in [1.165, 1.54) is 22.3 Å². The Bertz CT molecular complexity index is 1230. The van der Waals surface area contributed by atoms with Crippen LogP contribution in [0.15, 0.2) is 22.1 Å². The van der Waals surface area contributed by atoms with Crippen molar-refractivity contribution in [2.45, 2.75) is 51.2 Å². The fraction of sp³-hybridized carbons (Fsp3) is 0.500. The summed E-state index contributed by atoms with van der Waals surface area (Å²) in [5.74, 6) is -1.02. The van der Waals surface area contributed by atoms with Gasteiger partial charge in [0.1, 0.15) is 5.01 Å². The van der Waals surface area contributed by atoms with E-state index in [4.69, 9.17) is 4.42 Å². The largest absolute Gasteiger partial charge is 0.573 e. The molecule has 0 spiro atoms. The van der Waals surface area contributed by atoms with Crippen molar-refractivity contribution >= 4 is 34.5 Å². The second-order valence-electron chi connectivity index (χ2n) is 9.07. The number of carboxylic acid groups (broad SMARTS) is 1. The third-order valence-electron chi connectivity index (χ3n) is 6.44. The van der Waals surface area contributed by atoms with Crippen LogP contribution in [0.5, 0.6) is 5.75 Å². The lowest BCUT2D eigenvalue weighted by Gasteiger charge is -2.38. The van der Waals surface area contributed by atoms with Gasteiger partial charge in [0.05, 0.1) is 23.8 Å². The van der Waals surface area contributed by atoms with Crippen molar-refractivity contribution < 1.29 is 37.3 Å². The molecule has 188 valence electrons. The Hall–Kier alpha value is -3.06. The van der Waals surface area contributed by atoms with E-state index >= 15 is 0 Å². The first-order valence-electron chi connectivity index (χ1n) is 11.1. The molecular formula is C22H23F3N4O5S. The van der Waals surface area contributed by atoms with Crippen molar-refractivity contribution in [3.8, 4) is 16.3 Å². The summed E-state index contributed by atoms with van der Waals surface area (Å²) in [6.07, 6.45) is -4.34. The molecule has 35 heavy (non-hydrogen) atoms. The van der Waals surface area contributed by atoms with Crippen molar-refractivity contribution in [3.05, 3.63) is 23.2 Å². The number of aliphatic hydroxyl groups excluding tert-OH is 1. The third-order valence-corrected chi connectivity index (χ3v) is 7.25. The first-order valence-corrected chi connectivity index (χ1v) is 12.0. The van der Waals surface area contributed by atoms with Crippen molar-refractivity contribution in [3.63, 3.8) is 0 Å². The van der Waals surface area contributed by atoms with Gasteiger partial charge in [-0.15, -0.1) is 24.5 Å². The van der Waals surface area contributed by atoms with Gasteiger partial charge in [-0.25, -0.2) is 9.78 Å². The highest BCUT2D eigenvalue weighted by atomic mass is 32.1. The van der Waals surface area contributed by atoms with E-state index in [1.54, 1.807) is 30.3 Å². The van der Waals surface area contributed by atoms with Crippen LogP contribution in [0, 0.1) is 5.92 Å². The van der Waals surface area contributed by atoms with Crippen LogP contribution in [0.1, 0.15) is 38.4 Å². The molecule has 2 fully saturated rings. The maximum absolute atomic E-state index is 13.4. The van der Waals surface area contributed by atoms with Crippen LogP contribution in [0.4, 0.5) is 24.0 Å². The number of oxazole rings is 1. The van der Waals surface area contributed by atoms with Crippen LogP contribution < -0.4 is 9.64 Å². The van der Waals surface area contributed by atoms with Gasteiger partial charge in [0, 0.05) is 30.2 Å². The van der Waals surface area contributed by atoms with Gasteiger partial charge in [-0.05, 0) is 24.8 Å². The summed E-state index contributed by atoms with van der Waals surface area (Å²) >= 11 is 1.27. The zero-order chi connectivity index (χ0) is 25.1. The minimum Gasteiger partial charge on any atom is -0.465 e. The van der Waals surface area contributed by atoms with E-state index in [2.05, 4.69) is 14.7 Å². The van der Waals surface area contributed by atoms with E-state index in [-0.39, 0.29) is 34.8 Å². The van der Waals surface area contributed by atoms with Crippen LogP contribution in [-0.2, 0) is 0 Å². The second-order valence-corrected chi connectivity index (χ2v) is 9.96. The van der Waals surface area contributed by atoms with E-state index in [0.29, 0.717) is 36.5 Å². The number of piperazine rings is 1. The molecule has 2 aliphatic heterocycles. The summed E-state index contributed by atoms with van der Waals surface area (Å²) in [6, 6.07) is 0.962. The molecule has 3 unspecified atom stereocenters. The van der Waals surface area contributed by atoms with E-state index in [9.17, 15) is 28.2 Å². The number of thiazole rings is 1. The third kappa shape index (κ3) is 4.27. The molecule has 3 aromatic rings. The first-order chi connectivity index (χ1) is 16.5. The normalized spacial score (nSPS) is 21.2. The number of aliphatic hydroxyl groups is 1. The number of amides is 1. The summed E-state index contributed by atoms with van der Waals surface area (Å²) in [6.45, 7) is 3.97. The molecule has 5 rings (SSSR count). The number of hydrogen-bond donors (Lipinski definition) is 2. The standard InChI is InChI=1S/C22H23F3N4O5S/c1-10(2)16(30)13-7-14(19-26-5-6-35-19)17-15(18(13)34-22(23,24)25)27-20(33-17)28-8-11-3-4-12(9-28)29(11)21(31)32/h5-7,10-12,16,30H,3-4,8-9H2,1-2H3,(H,31,32). The molecule has 2 aliphatic rings. The minimum absolute atomic E-state index is 0.0573. The van der Waals surface area contributed by atoms with Gasteiger partial charge in [0.15, 0.2) is 16.8 Å². The molecule has 0 radical (unpaired) electrons. The molecule has 13 heteroatoms. The summed E-state index contributed by atoms with van der Waals surface area (Å²) in [4.78, 5) is 23.5. The molecule has 9 nitrogen and oxygen atoms in total. The molecule has 3 atom stereocenters. The molecule has 4 heterocycles. The number of aromatic nitrogens is 2. The van der Waals surface area contributed by atoms with Gasteiger partial charge in [-0.3, -0.25) is 4.90 Å². The molecule has 0 aliphatic carbocycles. The smallest absolute Gasteiger partial charge is 0.465 e.